The molecule has 3 heteroatoms. The van der Waals surface area contributed by atoms with Gasteiger partial charge in [-0.25, -0.2) is 0 Å². The fourth-order valence-electron chi connectivity index (χ4n) is 1.06. The maximum absolute atomic E-state index is 11.6. The molecule has 3 N–H and O–H groups in total. The molecule has 0 unspecified atom stereocenters. The predicted octanol–water partition coefficient (Wildman–Crippen LogP) is 2.51. The van der Waals surface area contributed by atoms with Crippen molar-refractivity contribution >= 4 is 11.6 Å². The number of nitrogens with two attached hydrogens (primary N) is 1. The van der Waals surface area contributed by atoms with Crippen LogP contribution in [0.4, 0.5) is 5.69 Å². The molecule has 0 fully saturated rings. The van der Waals surface area contributed by atoms with Crippen LogP contribution in [-0.2, 0) is 4.79 Å². The third kappa shape index (κ3) is 3.77. The number of allylic oxidation sites excluding steroid dienone is 1. The summed E-state index contributed by atoms with van der Waals surface area (Å²) >= 11 is 0. The molecule has 0 aliphatic carbocycles. The van der Waals surface area contributed by atoms with Crippen LogP contribution in [0.25, 0.3) is 0 Å². The number of carbonyl (C=O) groups excluding carboxylic acids is 1. The van der Waals surface area contributed by atoms with Gasteiger partial charge in [0.1, 0.15) is 0 Å². The summed E-state index contributed by atoms with van der Waals surface area (Å²) in [7, 11) is 0. The van der Waals surface area contributed by atoms with E-state index in [1.807, 2.05) is 51.1 Å². The van der Waals surface area contributed by atoms with Gasteiger partial charge in [-0.1, -0.05) is 39.0 Å². The van der Waals surface area contributed by atoms with Crippen LogP contribution in [0.15, 0.2) is 42.1 Å². The highest BCUT2D eigenvalue weighted by molar-refractivity contribution is 5.99. The Bertz CT molecular complexity index is 388. The first-order chi connectivity index (χ1) is 7.39. The number of nitrogens with one attached hydrogen (secondary N) is 1. The highest BCUT2D eigenvalue weighted by Gasteiger charge is 2.14. The van der Waals surface area contributed by atoms with Crippen LogP contribution in [0.3, 0.4) is 0 Å². The van der Waals surface area contributed by atoms with Crippen molar-refractivity contribution < 1.29 is 4.79 Å². The van der Waals surface area contributed by atoms with E-state index >= 15 is 0 Å². The Morgan fingerprint density at radius 3 is 2.31 bits per heavy atom. The number of para-hydroxylation sites is 1. The molecule has 1 aromatic carbocycles. The van der Waals surface area contributed by atoms with Gasteiger partial charge in [-0.05, 0) is 12.1 Å². The molecule has 0 bridgehead atoms. The average molecular weight is 218 g/mol. The van der Waals surface area contributed by atoms with Gasteiger partial charge in [-0.15, -0.1) is 0 Å². The first kappa shape index (κ1) is 12.3. The van der Waals surface area contributed by atoms with Crippen LogP contribution in [0.1, 0.15) is 20.8 Å². The van der Waals surface area contributed by atoms with E-state index in [4.69, 9.17) is 5.73 Å². The first-order valence-electron chi connectivity index (χ1n) is 5.23. The molecule has 0 saturated heterocycles. The predicted molar refractivity (Wildman–Crippen MR) is 66.8 cm³/mol. The lowest BCUT2D eigenvalue weighted by Gasteiger charge is -2.18. The largest absolute Gasteiger partial charge is 0.401 e. The van der Waals surface area contributed by atoms with Crippen LogP contribution < -0.4 is 11.1 Å². The lowest BCUT2D eigenvalue weighted by Crippen LogP contribution is -2.20. The van der Waals surface area contributed by atoms with Crippen molar-refractivity contribution in [3.63, 3.8) is 0 Å². The molecule has 3 nitrogen and oxygen atoms in total. The molecule has 86 valence electrons. The highest BCUT2D eigenvalue weighted by atomic mass is 16.1. The number of carbonyl (C=O) groups is 1. The number of anilines is 1. The Labute approximate surface area is 96.3 Å². The summed E-state index contributed by atoms with van der Waals surface area (Å²) in [4.78, 5) is 11.6. The molecule has 16 heavy (non-hydrogen) atoms. The SMILES string of the molecule is CC(C)(C)C(N)=CC(=O)Nc1ccccc1. The van der Waals surface area contributed by atoms with Gasteiger partial charge in [0.05, 0.1) is 0 Å². The Kier molecular flexibility index (Phi) is 3.72. The van der Waals surface area contributed by atoms with Crippen molar-refractivity contribution in [2.24, 2.45) is 11.1 Å². The normalized spacial score (nSPS) is 12.3. The molecular formula is C13H18N2O. The average Bonchev–Trinajstić information content (AvgIpc) is 2.17. The molecule has 0 atom stereocenters. The van der Waals surface area contributed by atoms with Crippen molar-refractivity contribution in [3.8, 4) is 0 Å². The van der Waals surface area contributed by atoms with Gasteiger partial charge in [0.15, 0.2) is 0 Å². The van der Waals surface area contributed by atoms with Gasteiger partial charge in [-0.3, -0.25) is 4.79 Å². The molecular weight excluding hydrogens is 200 g/mol. The first-order valence-corrected chi connectivity index (χ1v) is 5.23. The third-order valence-corrected chi connectivity index (χ3v) is 2.19. The quantitative estimate of drug-likeness (QED) is 0.749. The summed E-state index contributed by atoms with van der Waals surface area (Å²) in [6.07, 6.45) is 1.44. The Morgan fingerprint density at radius 2 is 1.81 bits per heavy atom. The second-order valence-corrected chi connectivity index (χ2v) is 4.70. The standard InChI is InChI=1S/C13H18N2O/c1-13(2,3)11(14)9-12(16)15-10-7-5-4-6-8-10/h4-9H,14H2,1-3H3,(H,15,16). The van der Waals surface area contributed by atoms with Gasteiger partial charge in [-0.2, -0.15) is 0 Å². The van der Waals surface area contributed by atoms with Crippen molar-refractivity contribution in [1.29, 1.82) is 0 Å². The molecule has 0 radical (unpaired) electrons. The van der Waals surface area contributed by atoms with E-state index in [2.05, 4.69) is 5.32 Å². The number of hydrogen-bond donors (Lipinski definition) is 2. The van der Waals surface area contributed by atoms with E-state index in [1.54, 1.807) is 0 Å². The Morgan fingerprint density at radius 1 is 1.25 bits per heavy atom. The molecule has 1 rings (SSSR count). The van der Waals surface area contributed by atoms with Gasteiger partial charge >= 0.3 is 0 Å². The van der Waals surface area contributed by atoms with E-state index in [0.29, 0.717) is 5.70 Å². The smallest absolute Gasteiger partial charge is 0.250 e. The van der Waals surface area contributed by atoms with E-state index in [0.717, 1.165) is 5.69 Å². The fraction of sp³-hybridized carbons (Fsp3) is 0.308. The van der Waals surface area contributed by atoms with E-state index in [-0.39, 0.29) is 11.3 Å². The highest BCUT2D eigenvalue weighted by Crippen LogP contribution is 2.20. The molecule has 0 aliphatic rings. The molecule has 0 aliphatic heterocycles. The zero-order valence-electron chi connectivity index (χ0n) is 9.95. The maximum Gasteiger partial charge on any atom is 0.250 e. The number of benzene rings is 1. The summed E-state index contributed by atoms with van der Waals surface area (Å²) in [5.41, 5.74) is 6.96. The van der Waals surface area contributed by atoms with Crippen LogP contribution in [0.5, 0.6) is 0 Å². The van der Waals surface area contributed by atoms with Gasteiger partial charge < -0.3 is 11.1 Å². The summed E-state index contributed by atoms with van der Waals surface area (Å²) in [5.74, 6) is -0.196. The zero-order chi connectivity index (χ0) is 12.2. The van der Waals surface area contributed by atoms with Gasteiger partial charge in [0.2, 0.25) is 5.91 Å². The maximum atomic E-state index is 11.6. The van der Waals surface area contributed by atoms with Crippen molar-refractivity contribution in [3.05, 3.63) is 42.1 Å². The van der Waals surface area contributed by atoms with Crippen LogP contribution >= 0.6 is 0 Å². The zero-order valence-corrected chi connectivity index (χ0v) is 9.95. The molecule has 0 saturated carbocycles. The minimum Gasteiger partial charge on any atom is -0.401 e. The second-order valence-electron chi connectivity index (χ2n) is 4.70. The molecule has 0 heterocycles. The molecule has 0 spiro atoms. The number of rotatable bonds is 2. The van der Waals surface area contributed by atoms with Crippen LogP contribution in [-0.4, -0.2) is 5.91 Å². The lowest BCUT2D eigenvalue weighted by molar-refractivity contribution is -0.112. The molecule has 0 aromatic heterocycles. The molecule has 1 amide bonds. The van der Waals surface area contributed by atoms with E-state index < -0.39 is 0 Å². The molecule has 1 aromatic rings. The van der Waals surface area contributed by atoms with Gasteiger partial charge in [0.25, 0.3) is 0 Å². The second kappa shape index (κ2) is 4.84. The van der Waals surface area contributed by atoms with Crippen molar-refractivity contribution in [2.75, 3.05) is 5.32 Å². The van der Waals surface area contributed by atoms with E-state index in [1.165, 1.54) is 6.08 Å². The summed E-state index contributed by atoms with van der Waals surface area (Å²) in [6, 6.07) is 9.30. The van der Waals surface area contributed by atoms with Crippen LogP contribution in [0, 0.1) is 5.41 Å². The summed E-state index contributed by atoms with van der Waals surface area (Å²) in [5, 5.41) is 2.75. The fourth-order valence-corrected chi connectivity index (χ4v) is 1.06. The lowest BCUT2D eigenvalue weighted by atomic mass is 9.92. The van der Waals surface area contributed by atoms with Crippen molar-refractivity contribution in [1.82, 2.24) is 0 Å². The van der Waals surface area contributed by atoms with Crippen LogP contribution in [0.2, 0.25) is 0 Å². The minimum atomic E-state index is -0.196. The summed E-state index contributed by atoms with van der Waals surface area (Å²) in [6.45, 7) is 5.90. The summed E-state index contributed by atoms with van der Waals surface area (Å²) < 4.78 is 0. The topological polar surface area (TPSA) is 55.1 Å². The van der Waals surface area contributed by atoms with Crippen molar-refractivity contribution in [2.45, 2.75) is 20.8 Å². The Hall–Kier alpha value is -1.77. The number of hydrogen-bond acceptors (Lipinski definition) is 2. The van der Waals surface area contributed by atoms with Gasteiger partial charge in [0, 0.05) is 22.9 Å². The minimum absolute atomic E-state index is 0.186. The Balaban J connectivity index is 2.68. The number of amides is 1. The monoisotopic (exact) mass is 218 g/mol. The third-order valence-electron chi connectivity index (χ3n) is 2.19. The van der Waals surface area contributed by atoms with E-state index in [9.17, 15) is 4.79 Å².